The van der Waals surface area contributed by atoms with Gasteiger partial charge in [0.25, 0.3) is 5.91 Å². The van der Waals surface area contributed by atoms with Gasteiger partial charge in [-0.05, 0) is 17.5 Å². The van der Waals surface area contributed by atoms with Crippen LogP contribution >= 0.6 is 11.3 Å². The van der Waals surface area contributed by atoms with Crippen molar-refractivity contribution in [3.8, 4) is 11.5 Å². The van der Waals surface area contributed by atoms with Crippen molar-refractivity contribution in [1.29, 1.82) is 0 Å². The first kappa shape index (κ1) is 16.4. The predicted molar refractivity (Wildman–Crippen MR) is 81.8 cm³/mol. The molecule has 1 aromatic carbocycles. The highest BCUT2D eigenvalue weighted by Gasteiger charge is 2.20. The lowest BCUT2D eigenvalue weighted by Crippen LogP contribution is -2.29. The van der Waals surface area contributed by atoms with Gasteiger partial charge in [0.1, 0.15) is 11.4 Å². The van der Waals surface area contributed by atoms with Crippen LogP contribution in [0.4, 0.5) is 5.69 Å². The number of ether oxygens (including phenoxy) is 2. The fourth-order valence-electron chi connectivity index (χ4n) is 1.66. The molecule has 0 bridgehead atoms. The molecule has 0 saturated heterocycles. The summed E-state index contributed by atoms with van der Waals surface area (Å²) < 4.78 is 9.92. The van der Waals surface area contributed by atoms with E-state index in [0.717, 1.165) is 11.3 Å². The largest absolute Gasteiger partial charge is 0.468 e. The van der Waals surface area contributed by atoms with E-state index in [4.69, 9.17) is 4.74 Å². The van der Waals surface area contributed by atoms with Crippen molar-refractivity contribution in [2.75, 3.05) is 13.7 Å². The number of methoxy groups -OCH3 is 1. The van der Waals surface area contributed by atoms with Crippen LogP contribution in [0.5, 0.6) is 11.5 Å². The van der Waals surface area contributed by atoms with E-state index < -0.39 is 16.8 Å². The van der Waals surface area contributed by atoms with Crippen molar-refractivity contribution in [3.63, 3.8) is 0 Å². The van der Waals surface area contributed by atoms with Crippen molar-refractivity contribution in [1.82, 2.24) is 5.32 Å². The summed E-state index contributed by atoms with van der Waals surface area (Å²) in [5, 5.41) is 15.0. The molecule has 0 radical (unpaired) electrons. The monoisotopic (exact) mass is 336 g/mol. The van der Waals surface area contributed by atoms with Crippen LogP contribution in [0.25, 0.3) is 0 Å². The fourth-order valence-corrected chi connectivity index (χ4v) is 2.39. The molecule has 0 aliphatic rings. The minimum Gasteiger partial charge on any atom is -0.468 e. The first-order valence-electron chi connectivity index (χ1n) is 6.36. The van der Waals surface area contributed by atoms with Gasteiger partial charge in [-0.15, -0.1) is 11.3 Å². The molecule has 2 aromatic rings. The summed E-state index contributed by atoms with van der Waals surface area (Å²) in [5.74, 6) is -0.917. The van der Waals surface area contributed by atoms with Gasteiger partial charge in [-0.2, -0.15) is 0 Å². The Bertz CT molecular complexity index is 742. The molecule has 0 saturated carbocycles. The summed E-state index contributed by atoms with van der Waals surface area (Å²) in [5.41, 5.74) is -0.209. The van der Waals surface area contributed by atoms with Gasteiger partial charge in [0, 0.05) is 6.07 Å². The van der Waals surface area contributed by atoms with E-state index in [2.05, 4.69) is 10.1 Å². The third-order valence-electron chi connectivity index (χ3n) is 2.74. The standard InChI is InChI=1S/C14H12N2O6S/c1-21-12(17)8-15-14(18)13-11(6-7-23-13)22-10-5-3-2-4-9(10)16(19)20/h2-7H,8H2,1H3,(H,15,18). The molecule has 0 aliphatic carbocycles. The Morgan fingerprint density at radius 3 is 2.70 bits per heavy atom. The van der Waals surface area contributed by atoms with Crippen molar-refractivity contribution in [2.45, 2.75) is 0 Å². The highest BCUT2D eigenvalue weighted by molar-refractivity contribution is 7.12. The van der Waals surface area contributed by atoms with E-state index in [0.29, 0.717) is 0 Å². The smallest absolute Gasteiger partial charge is 0.325 e. The topological polar surface area (TPSA) is 108 Å². The van der Waals surface area contributed by atoms with Crippen LogP contribution in [-0.2, 0) is 9.53 Å². The second-order valence-electron chi connectivity index (χ2n) is 4.20. The van der Waals surface area contributed by atoms with Crippen LogP contribution in [0.3, 0.4) is 0 Å². The Morgan fingerprint density at radius 1 is 1.26 bits per heavy atom. The molecular formula is C14H12N2O6S. The number of hydrogen-bond acceptors (Lipinski definition) is 7. The van der Waals surface area contributed by atoms with Gasteiger partial charge in [0.15, 0.2) is 5.75 Å². The first-order valence-corrected chi connectivity index (χ1v) is 7.24. The third-order valence-corrected chi connectivity index (χ3v) is 3.63. The number of amides is 1. The lowest BCUT2D eigenvalue weighted by Gasteiger charge is -2.07. The number of carbonyl (C=O) groups excluding carboxylic acids is 2. The molecule has 120 valence electrons. The number of para-hydroxylation sites is 2. The van der Waals surface area contributed by atoms with Gasteiger partial charge in [-0.3, -0.25) is 19.7 Å². The number of thiophene rings is 1. The molecule has 0 fully saturated rings. The molecule has 0 unspecified atom stereocenters. The van der Waals surface area contributed by atoms with Gasteiger partial charge >= 0.3 is 11.7 Å². The molecule has 1 aromatic heterocycles. The van der Waals surface area contributed by atoms with Crippen molar-refractivity contribution in [2.24, 2.45) is 0 Å². The highest BCUT2D eigenvalue weighted by atomic mass is 32.1. The number of esters is 1. The van der Waals surface area contributed by atoms with E-state index in [9.17, 15) is 19.7 Å². The Morgan fingerprint density at radius 2 is 2.00 bits per heavy atom. The van der Waals surface area contributed by atoms with Crippen LogP contribution in [0.2, 0.25) is 0 Å². The zero-order valence-electron chi connectivity index (χ0n) is 12.0. The SMILES string of the molecule is COC(=O)CNC(=O)c1sccc1Oc1ccccc1[N+](=O)[O-]. The molecule has 1 amide bonds. The van der Waals surface area contributed by atoms with E-state index >= 15 is 0 Å². The second-order valence-corrected chi connectivity index (χ2v) is 5.12. The van der Waals surface area contributed by atoms with Gasteiger partial charge in [-0.1, -0.05) is 12.1 Å². The number of hydrogen-bond donors (Lipinski definition) is 1. The Kier molecular flexibility index (Phi) is 5.26. The molecule has 23 heavy (non-hydrogen) atoms. The van der Waals surface area contributed by atoms with Gasteiger partial charge in [0.2, 0.25) is 5.75 Å². The minimum absolute atomic E-state index is 0.0258. The molecule has 8 nitrogen and oxygen atoms in total. The number of nitro benzene ring substituents is 1. The van der Waals surface area contributed by atoms with Crippen LogP contribution < -0.4 is 10.1 Å². The van der Waals surface area contributed by atoms with E-state index in [1.165, 1.54) is 31.4 Å². The maximum atomic E-state index is 12.0. The van der Waals surface area contributed by atoms with Gasteiger partial charge in [0.05, 0.1) is 12.0 Å². The van der Waals surface area contributed by atoms with Gasteiger partial charge in [-0.25, -0.2) is 0 Å². The van der Waals surface area contributed by atoms with E-state index in [-0.39, 0.29) is 28.6 Å². The quantitative estimate of drug-likeness (QED) is 0.493. The average Bonchev–Trinajstić information content (AvgIpc) is 3.00. The van der Waals surface area contributed by atoms with Crippen LogP contribution in [-0.4, -0.2) is 30.5 Å². The third kappa shape index (κ3) is 4.04. The summed E-state index contributed by atoms with van der Waals surface area (Å²) in [6.07, 6.45) is 0. The van der Waals surface area contributed by atoms with Crippen molar-refractivity contribution >= 4 is 28.9 Å². The van der Waals surface area contributed by atoms with Gasteiger partial charge < -0.3 is 14.8 Å². The zero-order valence-corrected chi connectivity index (χ0v) is 12.8. The van der Waals surface area contributed by atoms with Crippen LogP contribution in [0.1, 0.15) is 9.67 Å². The minimum atomic E-state index is -0.587. The summed E-state index contributed by atoms with van der Waals surface area (Å²) in [7, 11) is 1.21. The summed E-state index contributed by atoms with van der Waals surface area (Å²) >= 11 is 1.09. The number of carbonyl (C=O) groups is 2. The lowest BCUT2D eigenvalue weighted by molar-refractivity contribution is -0.385. The molecular weight excluding hydrogens is 324 g/mol. The number of nitro groups is 1. The van der Waals surface area contributed by atoms with Crippen LogP contribution in [0, 0.1) is 10.1 Å². The molecule has 2 rings (SSSR count). The molecule has 0 aliphatic heterocycles. The predicted octanol–water partition coefficient (Wildman–Crippen LogP) is 2.35. The summed E-state index contributed by atoms with van der Waals surface area (Å²) in [4.78, 5) is 33.7. The van der Waals surface area contributed by atoms with Crippen LogP contribution in [0.15, 0.2) is 35.7 Å². The fraction of sp³-hybridized carbons (Fsp3) is 0.143. The summed E-state index contributed by atoms with van der Waals surface area (Å²) in [6.45, 7) is -0.280. The lowest BCUT2D eigenvalue weighted by atomic mass is 10.3. The maximum absolute atomic E-state index is 12.0. The number of nitrogens with zero attached hydrogens (tertiary/aromatic N) is 1. The Hall–Kier alpha value is -2.94. The number of nitrogens with one attached hydrogen (secondary N) is 1. The van der Waals surface area contributed by atoms with E-state index in [1.54, 1.807) is 11.4 Å². The molecule has 9 heteroatoms. The summed E-state index contributed by atoms with van der Waals surface area (Å²) in [6, 6.07) is 7.37. The first-order chi connectivity index (χ1) is 11.0. The molecule has 0 spiro atoms. The maximum Gasteiger partial charge on any atom is 0.325 e. The van der Waals surface area contributed by atoms with Crippen molar-refractivity contribution in [3.05, 3.63) is 50.7 Å². The highest BCUT2D eigenvalue weighted by Crippen LogP contribution is 2.34. The normalized spacial score (nSPS) is 9.96. The van der Waals surface area contributed by atoms with Crippen molar-refractivity contribution < 1.29 is 24.0 Å². The number of rotatable bonds is 6. The Balaban J connectivity index is 2.17. The van der Waals surface area contributed by atoms with E-state index in [1.807, 2.05) is 0 Å². The Labute approximate surface area is 134 Å². The average molecular weight is 336 g/mol. The molecule has 0 atom stereocenters. The number of benzene rings is 1. The zero-order chi connectivity index (χ0) is 16.8. The second kappa shape index (κ2) is 7.36. The molecule has 1 N–H and O–H groups in total. The molecule has 1 heterocycles.